The Morgan fingerprint density at radius 1 is 1.14 bits per heavy atom. The van der Waals surface area contributed by atoms with Crippen LogP contribution in [-0.2, 0) is 0 Å². The summed E-state index contributed by atoms with van der Waals surface area (Å²) in [5, 5.41) is -0.305. The van der Waals surface area contributed by atoms with Gasteiger partial charge in [0.1, 0.15) is 11.3 Å². The molecule has 0 aliphatic heterocycles. The highest BCUT2D eigenvalue weighted by molar-refractivity contribution is 6.20. The molecule has 0 radical (unpaired) electrons. The van der Waals surface area contributed by atoms with Crippen molar-refractivity contribution in [1.82, 2.24) is 14.5 Å². The van der Waals surface area contributed by atoms with Crippen LogP contribution in [0.2, 0.25) is 0 Å². The van der Waals surface area contributed by atoms with Gasteiger partial charge in [0, 0.05) is 12.4 Å². The molecule has 5 heteroatoms. The van der Waals surface area contributed by atoms with E-state index in [9.17, 15) is 4.39 Å². The maximum absolute atomic E-state index is 14.0. The van der Waals surface area contributed by atoms with Crippen LogP contribution >= 0.6 is 11.6 Å². The van der Waals surface area contributed by atoms with E-state index in [0.717, 1.165) is 11.1 Å². The van der Waals surface area contributed by atoms with Gasteiger partial charge >= 0.3 is 0 Å². The fourth-order valence-corrected chi connectivity index (χ4v) is 2.73. The Balaban J connectivity index is 2.25. The van der Waals surface area contributed by atoms with E-state index in [0.29, 0.717) is 11.3 Å². The van der Waals surface area contributed by atoms with Crippen LogP contribution in [0.4, 0.5) is 4.39 Å². The summed E-state index contributed by atoms with van der Waals surface area (Å²) in [5.74, 6) is 0.341. The SMILES string of the molecule is CC(Cl)c1nc2c(F)cccc2n1C(C)c1ccncc1. The summed E-state index contributed by atoms with van der Waals surface area (Å²) in [6, 6.07) is 8.86. The van der Waals surface area contributed by atoms with Crippen LogP contribution in [-0.4, -0.2) is 14.5 Å². The van der Waals surface area contributed by atoms with Crippen molar-refractivity contribution in [2.24, 2.45) is 0 Å². The van der Waals surface area contributed by atoms with E-state index in [1.54, 1.807) is 18.5 Å². The van der Waals surface area contributed by atoms with Crippen LogP contribution < -0.4 is 0 Å². The molecule has 0 saturated carbocycles. The van der Waals surface area contributed by atoms with E-state index in [1.165, 1.54) is 6.07 Å². The largest absolute Gasteiger partial charge is 0.319 e. The molecule has 108 valence electrons. The second-order valence-corrected chi connectivity index (χ2v) is 5.67. The van der Waals surface area contributed by atoms with E-state index < -0.39 is 0 Å². The molecular weight excluding hydrogens is 289 g/mol. The Morgan fingerprint density at radius 3 is 2.52 bits per heavy atom. The Morgan fingerprint density at radius 2 is 1.86 bits per heavy atom. The molecule has 0 spiro atoms. The van der Waals surface area contributed by atoms with Crippen molar-refractivity contribution >= 4 is 22.6 Å². The van der Waals surface area contributed by atoms with Gasteiger partial charge in [0.15, 0.2) is 5.82 Å². The molecule has 0 fully saturated rings. The lowest BCUT2D eigenvalue weighted by Crippen LogP contribution is -2.11. The van der Waals surface area contributed by atoms with Crippen LogP contribution in [0.5, 0.6) is 0 Å². The van der Waals surface area contributed by atoms with Crippen molar-refractivity contribution in [3.8, 4) is 0 Å². The number of benzene rings is 1. The predicted molar refractivity (Wildman–Crippen MR) is 82.0 cm³/mol. The van der Waals surface area contributed by atoms with Crippen LogP contribution in [0, 0.1) is 5.82 Å². The van der Waals surface area contributed by atoms with Crippen LogP contribution in [0.1, 0.15) is 36.7 Å². The molecule has 3 rings (SSSR count). The lowest BCUT2D eigenvalue weighted by atomic mass is 10.1. The van der Waals surface area contributed by atoms with Gasteiger partial charge in [0.25, 0.3) is 0 Å². The monoisotopic (exact) mass is 303 g/mol. The Bertz CT molecular complexity index is 768. The average molecular weight is 304 g/mol. The molecule has 2 heterocycles. The normalized spacial score (nSPS) is 14.3. The van der Waals surface area contributed by atoms with Crippen LogP contribution in [0.15, 0.2) is 42.7 Å². The molecule has 1 aromatic carbocycles. The third-order valence-corrected chi connectivity index (χ3v) is 3.82. The first-order chi connectivity index (χ1) is 10.1. The number of rotatable bonds is 3. The van der Waals surface area contributed by atoms with Gasteiger partial charge in [-0.2, -0.15) is 0 Å². The summed E-state index contributed by atoms with van der Waals surface area (Å²) < 4.78 is 16.0. The van der Waals surface area contributed by atoms with Crippen molar-refractivity contribution in [2.75, 3.05) is 0 Å². The van der Waals surface area contributed by atoms with Gasteiger partial charge in [-0.25, -0.2) is 9.37 Å². The molecule has 3 aromatic rings. The lowest BCUT2D eigenvalue weighted by molar-refractivity contribution is 0.618. The van der Waals surface area contributed by atoms with Crippen molar-refractivity contribution in [2.45, 2.75) is 25.3 Å². The third kappa shape index (κ3) is 2.40. The summed E-state index contributed by atoms with van der Waals surface area (Å²) in [4.78, 5) is 8.43. The van der Waals surface area contributed by atoms with Gasteiger partial charge in [-0.05, 0) is 43.7 Å². The highest BCUT2D eigenvalue weighted by atomic mass is 35.5. The Hall–Kier alpha value is -1.94. The van der Waals surface area contributed by atoms with Crippen molar-refractivity contribution in [3.63, 3.8) is 0 Å². The minimum Gasteiger partial charge on any atom is -0.319 e. The van der Waals surface area contributed by atoms with Gasteiger partial charge < -0.3 is 4.57 Å². The molecule has 2 aromatic heterocycles. The van der Waals surface area contributed by atoms with E-state index in [1.807, 2.05) is 36.6 Å². The van der Waals surface area contributed by atoms with E-state index in [-0.39, 0.29) is 17.2 Å². The highest BCUT2D eigenvalue weighted by Gasteiger charge is 2.21. The standard InChI is InChI=1S/C16H15ClFN3/c1-10(17)16-20-15-13(18)4-3-5-14(15)21(16)11(2)12-6-8-19-9-7-12/h3-11H,1-2H3. The van der Waals surface area contributed by atoms with Crippen molar-refractivity contribution < 1.29 is 4.39 Å². The number of fused-ring (bicyclic) bond motifs is 1. The minimum atomic E-state index is -0.327. The minimum absolute atomic E-state index is 0.00370. The zero-order valence-corrected chi connectivity index (χ0v) is 12.5. The second kappa shape index (κ2) is 5.45. The highest BCUT2D eigenvalue weighted by Crippen LogP contribution is 2.31. The van der Waals surface area contributed by atoms with Gasteiger partial charge in [-0.15, -0.1) is 11.6 Å². The lowest BCUT2D eigenvalue weighted by Gasteiger charge is -2.19. The van der Waals surface area contributed by atoms with Crippen molar-refractivity contribution in [3.05, 3.63) is 59.9 Å². The predicted octanol–water partition coefficient (Wildman–Crippen LogP) is 4.48. The summed E-state index contributed by atoms with van der Waals surface area (Å²) >= 11 is 6.25. The molecule has 21 heavy (non-hydrogen) atoms. The fourth-order valence-electron chi connectivity index (χ4n) is 2.58. The number of hydrogen-bond acceptors (Lipinski definition) is 2. The topological polar surface area (TPSA) is 30.7 Å². The van der Waals surface area contributed by atoms with E-state index >= 15 is 0 Å². The first-order valence-corrected chi connectivity index (χ1v) is 7.23. The molecule has 3 nitrogen and oxygen atoms in total. The van der Waals surface area contributed by atoms with Crippen LogP contribution in [0.3, 0.4) is 0 Å². The van der Waals surface area contributed by atoms with Crippen molar-refractivity contribution in [1.29, 1.82) is 0 Å². The number of imidazole rings is 1. The zero-order chi connectivity index (χ0) is 15.0. The molecule has 2 atom stereocenters. The maximum atomic E-state index is 14.0. The number of para-hydroxylation sites is 1. The van der Waals surface area contributed by atoms with Gasteiger partial charge in [-0.3, -0.25) is 4.98 Å². The first-order valence-electron chi connectivity index (χ1n) is 6.80. The number of halogens is 2. The Kier molecular flexibility index (Phi) is 3.64. The molecule has 2 unspecified atom stereocenters. The van der Waals surface area contributed by atoms with Gasteiger partial charge in [0.2, 0.25) is 0 Å². The summed E-state index contributed by atoms with van der Waals surface area (Å²) in [6.07, 6.45) is 3.49. The Labute approximate surface area is 127 Å². The smallest absolute Gasteiger partial charge is 0.151 e. The average Bonchev–Trinajstić information content (AvgIpc) is 2.88. The number of hydrogen-bond donors (Lipinski definition) is 0. The number of pyridine rings is 1. The molecule has 0 aliphatic carbocycles. The molecule has 0 aliphatic rings. The molecule has 0 saturated heterocycles. The molecular formula is C16H15ClFN3. The zero-order valence-electron chi connectivity index (χ0n) is 11.8. The van der Waals surface area contributed by atoms with Gasteiger partial charge in [-0.1, -0.05) is 6.07 Å². The molecule has 0 bridgehead atoms. The second-order valence-electron chi connectivity index (χ2n) is 5.02. The fraction of sp³-hybridized carbons (Fsp3) is 0.250. The quantitative estimate of drug-likeness (QED) is 0.668. The van der Waals surface area contributed by atoms with E-state index in [2.05, 4.69) is 9.97 Å². The number of alkyl halides is 1. The summed E-state index contributed by atoms with van der Waals surface area (Å²) in [5.41, 5.74) is 2.19. The first kappa shape index (κ1) is 14.0. The third-order valence-electron chi connectivity index (χ3n) is 3.63. The van der Waals surface area contributed by atoms with Gasteiger partial charge in [0.05, 0.1) is 16.9 Å². The summed E-state index contributed by atoms with van der Waals surface area (Å²) in [6.45, 7) is 3.89. The number of nitrogens with zero attached hydrogens (tertiary/aromatic N) is 3. The van der Waals surface area contributed by atoms with E-state index in [4.69, 9.17) is 11.6 Å². The number of aromatic nitrogens is 3. The maximum Gasteiger partial charge on any atom is 0.151 e. The summed E-state index contributed by atoms with van der Waals surface area (Å²) in [7, 11) is 0. The molecule has 0 N–H and O–H groups in total. The molecule has 0 amide bonds. The van der Waals surface area contributed by atoms with Crippen LogP contribution in [0.25, 0.3) is 11.0 Å².